The Hall–Kier alpha value is -0.905. The van der Waals surface area contributed by atoms with Crippen LogP contribution in [0.25, 0.3) is 0 Å². The fraction of sp³-hybridized carbons (Fsp3) is 0.600. The number of nitrogens with zero attached hydrogens (tertiary/aromatic N) is 1. The molecule has 0 radical (unpaired) electrons. The van der Waals surface area contributed by atoms with Crippen LogP contribution < -0.4 is 5.46 Å². The summed E-state index contributed by atoms with van der Waals surface area (Å²) < 4.78 is 13.2. The van der Waals surface area contributed by atoms with Crippen LogP contribution in [0.4, 0.5) is 4.39 Å². The van der Waals surface area contributed by atoms with E-state index < -0.39 is 12.9 Å². The quantitative estimate of drug-likeness (QED) is 0.650. The summed E-state index contributed by atoms with van der Waals surface area (Å²) in [6.45, 7) is 0.623. The Balaban J connectivity index is 2.08. The molecule has 1 fully saturated rings. The normalized spacial score (nSPS) is 17.2. The second-order valence-electron chi connectivity index (χ2n) is 5.78. The lowest BCUT2D eigenvalue weighted by Gasteiger charge is -2.28. The molecule has 2 N–H and O–H groups in total. The van der Waals surface area contributed by atoms with Crippen LogP contribution in [0.1, 0.15) is 44.1 Å². The Labute approximate surface area is 120 Å². The van der Waals surface area contributed by atoms with Crippen molar-refractivity contribution in [3.8, 4) is 0 Å². The van der Waals surface area contributed by atoms with E-state index >= 15 is 0 Å². The molecule has 1 aliphatic carbocycles. The predicted molar refractivity (Wildman–Crippen MR) is 79.2 cm³/mol. The van der Waals surface area contributed by atoms with Crippen molar-refractivity contribution in [2.45, 2.75) is 51.1 Å². The molecule has 3 nitrogen and oxygen atoms in total. The van der Waals surface area contributed by atoms with Gasteiger partial charge in [0, 0.05) is 12.6 Å². The summed E-state index contributed by atoms with van der Waals surface area (Å²) in [5, 5.41) is 18.7. The third-order valence-electron chi connectivity index (χ3n) is 4.25. The van der Waals surface area contributed by atoms with E-state index in [2.05, 4.69) is 11.9 Å². The highest BCUT2D eigenvalue weighted by Crippen LogP contribution is 2.22. The van der Waals surface area contributed by atoms with Gasteiger partial charge >= 0.3 is 7.12 Å². The van der Waals surface area contributed by atoms with Gasteiger partial charge in [0.15, 0.2) is 0 Å². The van der Waals surface area contributed by atoms with Crippen LogP contribution in [-0.2, 0) is 6.54 Å². The zero-order valence-electron chi connectivity index (χ0n) is 12.1. The maximum Gasteiger partial charge on any atom is 0.488 e. The molecule has 0 atom stereocenters. The van der Waals surface area contributed by atoms with Gasteiger partial charge in [-0.25, -0.2) is 4.39 Å². The van der Waals surface area contributed by atoms with Crippen molar-refractivity contribution in [2.75, 3.05) is 7.05 Å². The molecule has 0 heterocycles. The van der Waals surface area contributed by atoms with E-state index in [1.807, 2.05) is 0 Å². The van der Waals surface area contributed by atoms with Gasteiger partial charge in [-0.3, -0.25) is 4.90 Å². The zero-order valence-corrected chi connectivity index (χ0v) is 12.1. The van der Waals surface area contributed by atoms with E-state index in [0.717, 1.165) is 5.56 Å². The maximum absolute atomic E-state index is 13.2. The minimum atomic E-state index is -1.62. The largest absolute Gasteiger partial charge is 0.488 e. The summed E-state index contributed by atoms with van der Waals surface area (Å²) in [5.74, 6) is -0.436. The first-order valence-corrected chi connectivity index (χ1v) is 7.42. The van der Waals surface area contributed by atoms with E-state index in [1.54, 1.807) is 6.07 Å². The van der Waals surface area contributed by atoms with Crippen LogP contribution >= 0.6 is 0 Å². The topological polar surface area (TPSA) is 43.7 Å². The molecule has 2 rings (SSSR count). The fourth-order valence-corrected chi connectivity index (χ4v) is 3.05. The minimum Gasteiger partial charge on any atom is -0.423 e. The molecule has 1 aromatic rings. The maximum atomic E-state index is 13.2. The van der Waals surface area contributed by atoms with Crippen molar-refractivity contribution in [1.29, 1.82) is 0 Å². The first kappa shape index (κ1) is 15.5. The van der Waals surface area contributed by atoms with Crippen molar-refractivity contribution in [3.63, 3.8) is 0 Å². The summed E-state index contributed by atoms with van der Waals surface area (Å²) in [4.78, 5) is 2.25. The van der Waals surface area contributed by atoms with E-state index in [4.69, 9.17) is 0 Å². The van der Waals surface area contributed by atoms with Gasteiger partial charge in [-0.2, -0.15) is 0 Å². The number of halogens is 1. The molecule has 0 saturated heterocycles. The summed E-state index contributed by atoms with van der Waals surface area (Å²) in [6, 6.07) is 4.77. The molecular weight excluding hydrogens is 256 g/mol. The van der Waals surface area contributed by atoms with Crippen LogP contribution in [0.15, 0.2) is 18.2 Å². The van der Waals surface area contributed by atoms with E-state index in [-0.39, 0.29) is 5.46 Å². The average molecular weight is 279 g/mol. The molecule has 110 valence electrons. The fourth-order valence-electron chi connectivity index (χ4n) is 3.05. The summed E-state index contributed by atoms with van der Waals surface area (Å²) in [6.07, 6.45) is 7.51. The third kappa shape index (κ3) is 4.04. The number of benzene rings is 1. The molecule has 0 unspecified atom stereocenters. The molecule has 0 spiro atoms. The molecular formula is C15H23BFNO2. The second-order valence-corrected chi connectivity index (χ2v) is 5.78. The van der Waals surface area contributed by atoms with Gasteiger partial charge < -0.3 is 10.0 Å². The van der Waals surface area contributed by atoms with Gasteiger partial charge in [-0.1, -0.05) is 31.7 Å². The SMILES string of the molecule is CN(Cc1ccc(F)cc1B(O)O)C1CCCCCC1. The molecule has 0 aliphatic heterocycles. The van der Waals surface area contributed by atoms with Crippen molar-refractivity contribution in [1.82, 2.24) is 4.90 Å². The molecule has 1 aliphatic rings. The standard InChI is InChI=1S/C15H23BFNO2/c1-18(14-6-4-2-3-5-7-14)11-12-8-9-13(17)10-15(12)16(19)20/h8-10,14,19-20H,2-7,11H2,1H3. The van der Waals surface area contributed by atoms with Crippen molar-refractivity contribution in [3.05, 3.63) is 29.6 Å². The van der Waals surface area contributed by atoms with Gasteiger partial charge in [-0.15, -0.1) is 0 Å². The highest BCUT2D eigenvalue weighted by atomic mass is 19.1. The van der Waals surface area contributed by atoms with Crippen LogP contribution in [0, 0.1) is 5.82 Å². The highest BCUT2D eigenvalue weighted by Gasteiger charge is 2.21. The second kappa shape index (κ2) is 7.20. The zero-order chi connectivity index (χ0) is 14.5. The van der Waals surface area contributed by atoms with Gasteiger partial charge in [0.25, 0.3) is 0 Å². The Bertz CT molecular complexity index is 434. The van der Waals surface area contributed by atoms with Gasteiger partial charge in [-0.05, 0) is 43.0 Å². The van der Waals surface area contributed by atoms with Crippen LogP contribution in [-0.4, -0.2) is 35.2 Å². The third-order valence-corrected chi connectivity index (χ3v) is 4.25. The monoisotopic (exact) mass is 279 g/mol. The summed E-state index contributed by atoms with van der Waals surface area (Å²) >= 11 is 0. The number of rotatable bonds is 4. The lowest BCUT2D eigenvalue weighted by molar-refractivity contribution is 0.213. The molecule has 20 heavy (non-hydrogen) atoms. The van der Waals surface area contributed by atoms with Crippen LogP contribution in [0.3, 0.4) is 0 Å². The van der Waals surface area contributed by atoms with Crippen molar-refractivity contribution >= 4 is 12.6 Å². The molecule has 0 aromatic heterocycles. The molecule has 1 aromatic carbocycles. The Morgan fingerprint density at radius 3 is 2.45 bits per heavy atom. The smallest absolute Gasteiger partial charge is 0.423 e. The first-order chi connectivity index (χ1) is 9.58. The summed E-state index contributed by atoms with van der Waals surface area (Å²) in [7, 11) is 0.440. The lowest BCUT2D eigenvalue weighted by Crippen LogP contribution is -2.38. The lowest BCUT2D eigenvalue weighted by atomic mass is 9.76. The molecule has 1 saturated carbocycles. The van der Waals surface area contributed by atoms with Gasteiger partial charge in [0.2, 0.25) is 0 Å². The molecule has 5 heteroatoms. The molecule has 0 amide bonds. The van der Waals surface area contributed by atoms with Crippen molar-refractivity contribution < 1.29 is 14.4 Å². The summed E-state index contributed by atoms with van der Waals surface area (Å²) in [5.41, 5.74) is 1.05. The number of hydrogen-bond donors (Lipinski definition) is 2. The van der Waals surface area contributed by atoms with Crippen LogP contribution in [0.5, 0.6) is 0 Å². The van der Waals surface area contributed by atoms with E-state index in [9.17, 15) is 14.4 Å². The van der Waals surface area contributed by atoms with E-state index in [0.29, 0.717) is 12.6 Å². The van der Waals surface area contributed by atoms with Crippen molar-refractivity contribution in [2.24, 2.45) is 0 Å². The Morgan fingerprint density at radius 2 is 1.85 bits per heavy atom. The number of hydrogen-bond acceptors (Lipinski definition) is 3. The highest BCUT2D eigenvalue weighted by molar-refractivity contribution is 6.59. The minimum absolute atomic E-state index is 0.269. The Kier molecular flexibility index (Phi) is 5.58. The van der Waals surface area contributed by atoms with Gasteiger partial charge in [0.05, 0.1) is 0 Å². The van der Waals surface area contributed by atoms with Gasteiger partial charge in [0.1, 0.15) is 5.82 Å². The first-order valence-electron chi connectivity index (χ1n) is 7.42. The van der Waals surface area contributed by atoms with E-state index in [1.165, 1.54) is 50.7 Å². The Morgan fingerprint density at radius 1 is 1.20 bits per heavy atom. The van der Waals surface area contributed by atoms with Crippen LogP contribution in [0.2, 0.25) is 0 Å². The molecule has 0 bridgehead atoms. The average Bonchev–Trinajstić information content (AvgIpc) is 2.69. The predicted octanol–water partition coefficient (Wildman–Crippen LogP) is 1.66.